The number of aromatic nitrogens is 1. The van der Waals surface area contributed by atoms with E-state index < -0.39 is 16.0 Å². The van der Waals surface area contributed by atoms with Gasteiger partial charge in [-0.1, -0.05) is 17.7 Å². The number of sulfonamides is 1. The zero-order valence-corrected chi connectivity index (χ0v) is 16.5. The molecule has 0 amide bonds. The lowest BCUT2D eigenvalue weighted by molar-refractivity contribution is 0.0526. The summed E-state index contributed by atoms with van der Waals surface area (Å²) < 4.78 is 34.6. The molecule has 3 rings (SSSR count). The summed E-state index contributed by atoms with van der Waals surface area (Å²) >= 11 is 6.09. The first kappa shape index (κ1) is 19.4. The molecule has 0 aliphatic heterocycles. The van der Waals surface area contributed by atoms with E-state index in [4.69, 9.17) is 16.3 Å². The van der Waals surface area contributed by atoms with Crippen LogP contribution in [0.4, 0.5) is 0 Å². The Morgan fingerprint density at radius 1 is 1.19 bits per heavy atom. The van der Waals surface area contributed by atoms with Crippen molar-refractivity contribution in [2.24, 2.45) is 7.05 Å². The maximum absolute atomic E-state index is 12.6. The second-order valence-electron chi connectivity index (χ2n) is 6.01. The molecule has 0 saturated heterocycles. The first-order valence-corrected chi connectivity index (χ1v) is 10.2. The number of rotatable bonds is 6. The van der Waals surface area contributed by atoms with Crippen molar-refractivity contribution in [1.29, 1.82) is 0 Å². The SMILES string of the molecule is CCOC(=O)c1ccc(S(=O)(=O)NCc2ccc3c(ccn3C)c2)c(Cl)c1. The van der Waals surface area contributed by atoms with Gasteiger partial charge in [-0.15, -0.1) is 0 Å². The van der Waals surface area contributed by atoms with Crippen LogP contribution in [0.3, 0.4) is 0 Å². The Labute approximate surface area is 162 Å². The van der Waals surface area contributed by atoms with Crippen LogP contribution in [0.1, 0.15) is 22.8 Å². The van der Waals surface area contributed by atoms with Gasteiger partial charge in [-0.05, 0) is 54.3 Å². The van der Waals surface area contributed by atoms with E-state index in [1.165, 1.54) is 18.2 Å². The highest BCUT2D eigenvalue weighted by Gasteiger charge is 2.19. The van der Waals surface area contributed by atoms with Gasteiger partial charge in [0.15, 0.2) is 0 Å². The molecule has 0 bridgehead atoms. The number of ether oxygens (including phenoxy) is 1. The number of nitrogens with zero attached hydrogens (tertiary/aromatic N) is 1. The van der Waals surface area contributed by atoms with E-state index in [0.717, 1.165) is 16.5 Å². The van der Waals surface area contributed by atoms with Crippen LogP contribution >= 0.6 is 11.6 Å². The highest BCUT2D eigenvalue weighted by Crippen LogP contribution is 2.24. The lowest BCUT2D eigenvalue weighted by Gasteiger charge is -2.10. The summed E-state index contributed by atoms with van der Waals surface area (Å²) in [6, 6.07) is 11.7. The summed E-state index contributed by atoms with van der Waals surface area (Å²) in [5.74, 6) is -0.549. The number of nitrogens with one attached hydrogen (secondary N) is 1. The number of aryl methyl sites for hydroxylation is 1. The Bertz CT molecular complexity index is 1110. The van der Waals surface area contributed by atoms with Crippen molar-refractivity contribution in [1.82, 2.24) is 9.29 Å². The summed E-state index contributed by atoms with van der Waals surface area (Å²) in [7, 11) is -1.88. The monoisotopic (exact) mass is 406 g/mol. The predicted molar refractivity (Wildman–Crippen MR) is 104 cm³/mol. The molecular weight excluding hydrogens is 388 g/mol. The highest BCUT2D eigenvalue weighted by atomic mass is 35.5. The molecule has 0 unspecified atom stereocenters. The van der Waals surface area contributed by atoms with Gasteiger partial charge < -0.3 is 9.30 Å². The smallest absolute Gasteiger partial charge is 0.338 e. The molecule has 0 saturated carbocycles. The largest absolute Gasteiger partial charge is 0.462 e. The Kier molecular flexibility index (Phi) is 5.55. The van der Waals surface area contributed by atoms with Gasteiger partial charge in [0.1, 0.15) is 4.90 Å². The van der Waals surface area contributed by atoms with Crippen LogP contribution in [-0.4, -0.2) is 25.6 Å². The molecular formula is C19H19ClN2O4S. The number of hydrogen-bond acceptors (Lipinski definition) is 4. The summed E-state index contributed by atoms with van der Waals surface area (Å²) in [4.78, 5) is 11.6. The number of esters is 1. The van der Waals surface area contributed by atoms with E-state index in [1.807, 2.05) is 42.1 Å². The summed E-state index contributed by atoms with van der Waals surface area (Å²) in [5.41, 5.74) is 2.10. The number of hydrogen-bond donors (Lipinski definition) is 1. The maximum atomic E-state index is 12.6. The molecule has 8 heteroatoms. The van der Waals surface area contributed by atoms with E-state index in [9.17, 15) is 13.2 Å². The molecule has 0 aliphatic rings. The molecule has 6 nitrogen and oxygen atoms in total. The lowest BCUT2D eigenvalue weighted by Crippen LogP contribution is -2.23. The van der Waals surface area contributed by atoms with Crippen molar-refractivity contribution >= 4 is 38.5 Å². The van der Waals surface area contributed by atoms with Crippen molar-refractivity contribution in [2.45, 2.75) is 18.4 Å². The van der Waals surface area contributed by atoms with E-state index in [-0.39, 0.29) is 28.6 Å². The molecule has 27 heavy (non-hydrogen) atoms. The van der Waals surface area contributed by atoms with Gasteiger partial charge in [0.05, 0.1) is 17.2 Å². The summed E-state index contributed by atoms with van der Waals surface area (Å²) in [6.45, 7) is 2.04. The number of fused-ring (bicyclic) bond motifs is 1. The van der Waals surface area contributed by atoms with Gasteiger partial charge >= 0.3 is 5.97 Å². The second-order valence-corrected chi connectivity index (χ2v) is 8.15. The van der Waals surface area contributed by atoms with Gasteiger partial charge in [-0.2, -0.15) is 0 Å². The first-order chi connectivity index (χ1) is 12.8. The molecule has 0 aliphatic carbocycles. The van der Waals surface area contributed by atoms with Crippen molar-refractivity contribution < 1.29 is 17.9 Å². The Morgan fingerprint density at radius 3 is 2.67 bits per heavy atom. The topological polar surface area (TPSA) is 77.4 Å². The number of carbonyl (C=O) groups excluding carboxylic acids is 1. The van der Waals surface area contributed by atoms with Crippen LogP contribution in [0, 0.1) is 0 Å². The van der Waals surface area contributed by atoms with Crippen LogP contribution in [0.25, 0.3) is 10.9 Å². The third-order valence-electron chi connectivity index (χ3n) is 4.15. The number of benzene rings is 2. The molecule has 0 radical (unpaired) electrons. The molecule has 3 aromatic rings. The standard InChI is InChI=1S/C19H19ClN2O4S/c1-3-26-19(23)15-5-7-18(16(20)11-15)27(24,25)21-12-13-4-6-17-14(10-13)8-9-22(17)2/h4-11,21H,3,12H2,1-2H3. The Morgan fingerprint density at radius 2 is 1.96 bits per heavy atom. The van der Waals surface area contributed by atoms with E-state index in [0.29, 0.717) is 0 Å². The van der Waals surface area contributed by atoms with Crippen molar-refractivity contribution in [3.8, 4) is 0 Å². The fourth-order valence-corrected chi connectivity index (χ4v) is 4.32. The number of carbonyl (C=O) groups is 1. The minimum atomic E-state index is -3.83. The molecule has 0 atom stereocenters. The lowest BCUT2D eigenvalue weighted by atomic mass is 10.1. The van der Waals surface area contributed by atoms with E-state index in [1.54, 1.807) is 6.92 Å². The fraction of sp³-hybridized carbons (Fsp3) is 0.211. The average molecular weight is 407 g/mol. The Balaban J connectivity index is 1.78. The summed E-state index contributed by atoms with van der Waals surface area (Å²) in [6.07, 6.45) is 1.95. The third kappa shape index (κ3) is 4.16. The fourth-order valence-electron chi connectivity index (χ4n) is 2.76. The van der Waals surface area contributed by atoms with Gasteiger partial charge in [-0.25, -0.2) is 17.9 Å². The van der Waals surface area contributed by atoms with Gasteiger partial charge in [-0.3, -0.25) is 0 Å². The zero-order valence-electron chi connectivity index (χ0n) is 14.9. The van der Waals surface area contributed by atoms with Crippen LogP contribution in [-0.2, 0) is 28.4 Å². The van der Waals surface area contributed by atoms with Crippen molar-refractivity contribution in [3.63, 3.8) is 0 Å². The average Bonchev–Trinajstić information content (AvgIpc) is 3.00. The predicted octanol–water partition coefficient (Wildman–Crippen LogP) is 3.49. The van der Waals surface area contributed by atoms with Crippen LogP contribution in [0.5, 0.6) is 0 Å². The molecule has 0 fully saturated rings. The third-order valence-corrected chi connectivity index (χ3v) is 6.03. The Hall–Kier alpha value is -2.35. The van der Waals surface area contributed by atoms with Crippen molar-refractivity contribution in [3.05, 3.63) is 64.8 Å². The van der Waals surface area contributed by atoms with Crippen LogP contribution < -0.4 is 4.72 Å². The molecule has 1 N–H and O–H groups in total. The van der Waals surface area contributed by atoms with Crippen LogP contribution in [0.15, 0.2) is 53.6 Å². The van der Waals surface area contributed by atoms with E-state index >= 15 is 0 Å². The molecule has 2 aromatic carbocycles. The quantitative estimate of drug-likeness (QED) is 0.635. The second kappa shape index (κ2) is 7.72. The molecule has 1 heterocycles. The highest BCUT2D eigenvalue weighted by molar-refractivity contribution is 7.89. The molecule has 1 aromatic heterocycles. The minimum Gasteiger partial charge on any atom is -0.462 e. The minimum absolute atomic E-state index is 0.0356. The van der Waals surface area contributed by atoms with E-state index in [2.05, 4.69) is 4.72 Å². The van der Waals surface area contributed by atoms with Gasteiger partial charge in [0.25, 0.3) is 0 Å². The normalized spacial score (nSPS) is 11.7. The van der Waals surface area contributed by atoms with Gasteiger partial charge in [0.2, 0.25) is 10.0 Å². The maximum Gasteiger partial charge on any atom is 0.338 e. The molecule has 0 spiro atoms. The number of halogens is 1. The first-order valence-electron chi connectivity index (χ1n) is 8.32. The molecule has 142 valence electrons. The van der Waals surface area contributed by atoms with Crippen molar-refractivity contribution in [2.75, 3.05) is 6.61 Å². The zero-order chi connectivity index (χ0) is 19.6. The summed E-state index contributed by atoms with van der Waals surface area (Å²) in [5, 5.41) is 0.998. The van der Waals surface area contributed by atoms with Gasteiger partial charge in [0, 0.05) is 25.3 Å². The van der Waals surface area contributed by atoms with Crippen LogP contribution in [0.2, 0.25) is 5.02 Å².